The Balaban J connectivity index is 1.83. The molecule has 0 saturated carbocycles. The zero-order valence-corrected chi connectivity index (χ0v) is 17.4. The highest BCUT2D eigenvalue weighted by atomic mass is 35.5. The van der Waals surface area contributed by atoms with Crippen molar-refractivity contribution in [3.63, 3.8) is 0 Å². The Hall–Kier alpha value is -2.70. The second-order valence-electron chi connectivity index (χ2n) is 6.40. The van der Waals surface area contributed by atoms with Crippen LogP contribution >= 0.6 is 23.2 Å². The van der Waals surface area contributed by atoms with Crippen molar-refractivity contribution in [3.05, 3.63) is 74.9 Å². The minimum atomic E-state index is -0.642. The number of hydrogen-bond acceptors (Lipinski definition) is 4. The van der Waals surface area contributed by atoms with Gasteiger partial charge in [0.15, 0.2) is 0 Å². The molecule has 2 N–H and O–H groups in total. The average Bonchev–Trinajstić information content (AvgIpc) is 2.68. The highest BCUT2D eigenvalue weighted by molar-refractivity contribution is 6.42. The van der Waals surface area contributed by atoms with Crippen molar-refractivity contribution < 1.29 is 19.1 Å². The zero-order valence-electron chi connectivity index (χ0n) is 15.9. The minimum Gasteiger partial charge on any atom is -0.489 e. The second kappa shape index (κ2) is 9.20. The maximum atomic E-state index is 12.4. The third-order valence-electron chi connectivity index (χ3n) is 4.35. The molecule has 8 heteroatoms. The summed E-state index contributed by atoms with van der Waals surface area (Å²) in [6.45, 7) is 3.93. The zero-order chi connectivity index (χ0) is 21.0. The molecule has 1 unspecified atom stereocenters. The summed E-state index contributed by atoms with van der Waals surface area (Å²) >= 11 is 12.0. The Morgan fingerprint density at radius 2 is 1.93 bits per heavy atom. The van der Waals surface area contributed by atoms with E-state index in [0.717, 1.165) is 5.56 Å². The van der Waals surface area contributed by atoms with E-state index in [1.165, 1.54) is 0 Å². The Morgan fingerprint density at radius 1 is 1.14 bits per heavy atom. The molecule has 6 nitrogen and oxygen atoms in total. The van der Waals surface area contributed by atoms with Crippen molar-refractivity contribution in [1.29, 1.82) is 0 Å². The third kappa shape index (κ3) is 5.02. The van der Waals surface area contributed by atoms with Gasteiger partial charge in [-0.1, -0.05) is 41.4 Å². The predicted octanol–water partition coefficient (Wildman–Crippen LogP) is 4.76. The Bertz CT molecular complexity index is 975. The maximum absolute atomic E-state index is 12.4. The molecule has 1 aliphatic rings. The van der Waals surface area contributed by atoms with Gasteiger partial charge in [0.2, 0.25) is 0 Å². The summed E-state index contributed by atoms with van der Waals surface area (Å²) in [5, 5.41) is 6.32. The monoisotopic (exact) mass is 434 g/mol. The van der Waals surface area contributed by atoms with E-state index in [2.05, 4.69) is 10.6 Å². The molecule has 0 saturated heterocycles. The molecule has 1 heterocycles. The smallest absolute Gasteiger partial charge is 0.338 e. The van der Waals surface area contributed by atoms with E-state index >= 15 is 0 Å². The Labute approximate surface area is 178 Å². The summed E-state index contributed by atoms with van der Waals surface area (Å²) in [5.41, 5.74) is 2.38. The van der Waals surface area contributed by atoms with Crippen LogP contribution in [-0.2, 0) is 16.1 Å². The third-order valence-corrected chi connectivity index (χ3v) is 5.08. The van der Waals surface area contributed by atoms with Crippen LogP contribution in [-0.4, -0.2) is 18.6 Å². The minimum absolute atomic E-state index is 0.239. The molecule has 2 amide bonds. The number of nitrogens with one attached hydrogen (secondary N) is 2. The lowest BCUT2D eigenvalue weighted by atomic mass is 9.95. The quantitative estimate of drug-likeness (QED) is 0.642. The number of carbonyl (C=O) groups is 2. The van der Waals surface area contributed by atoms with E-state index in [1.54, 1.807) is 44.2 Å². The van der Waals surface area contributed by atoms with Crippen molar-refractivity contribution in [2.45, 2.75) is 26.5 Å². The molecule has 0 bridgehead atoms. The normalized spacial score (nSPS) is 16.1. The van der Waals surface area contributed by atoms with Crippen molar-refractivity contribution in [3.8, 4) is 5.75 Å². The Morgan fingerprint density at radius 3 is 2.66 bits per heavy atom. The first-order valence-electron chi connectivity index (χ1n) is 9.01. The van der Waals surface area contributed by atoms with Crippen LogP contribution in [0.25, 0.3) is 0 Å². The summed E-state index contributed by atoms with van der Waals surface area (Å²) in [7, 11) is 0. The van der Waals surface area contributed by atoms with Crippen LogP contribution in [0.15, 0.2) is 53.7 Å². The van der Waals surface area contributed by atoms with Crippen LogP contribution in [0.4, 0.5) is 4.79 Å². The largest absolute Gasteiger partial charge is 0.489 e. The van der Waals surface area contributed by atoms with Gasteiger partial charge in [-0.15, -0.1) is 0 Å². The van der Waals surface area contributed by atoms with E-state index in [1.807, 2.05) is 12.1 Å². The van der Waals surface area contributed by atoms with Crippen molar-refractivity contribution in [2.24, 2.45) is 0 Å². The second-order valence-corrected chi connectivity index (χ2v) is 7.21. The average molecular weight is 435 g/mol. The van der Waals surface area contributed by atoms with Gasteiger partial charge < -0.3 is 20.1 Å². The van der Waals surface area contributed by atoms with Gasteiger partial charge in [-0.2, -0.15) is 0 Å². The first-order chi connectivity index (χ1) is 13.9. The van der Waals surface area contributed by atoms with E-state index in [9.17, 15) is 9.59 Å². The number of amides is 2. The van der Waals surface area contributed by atoms with Gasteiger partial charge in [0.1, 0.15) is 12.4 Å². The maximum Gasteiger partial charge on any atom is 0.338 e. The standard InChI is InChI=1S/C21H20Cl2N2O4/c1-3-28-20(26)18-12(2)24-21(27)25-19(18)14-5-4-6-15(10-14)29-11-13-7-8-16(22)17(23)9-13/h4-10,19H,3,11H2,1-2H3,(H2,24,25,27). The number of benzene rings is 2. The molecule has 0 fully saturated rings. The van der Waals surface area contributed by atoms with Crippen molar-refractivity contribution in [1.82, 2.24) is 10.6 Å². The van der Waals surface area contributed by atoms with Gasteiger partial charge in [0.25, 0.3) is 0 Å². The Kier molecular flexibility index (Phi) is 6.67. The first kappa shape index (κ1) is 21.0. The van der Waals surface area contributed by atoms with E-state index in [0.29, 0.717) is 39.2 Å². The number of halogens is 2. The lowest BCUT2D eigenvalue weighted by Gasteiger charge is -2.28. The molecule has 0 aliphatic carbocycles. The number of hydrogen-bond donors (Lipinski definition) is 2. The molecule has 0 radical (unpaired) electrons. The van der Waals surface area contributed by atoms with Crippen molar-refractivity contribution >= 4 is 35.2 Å². The van der Waals surface area contributed by atoms with Crippen LogP contribution in [0.1, 0.15) is 31.0 Å². The predicted molar refractivity (Wildman–Crippen MR) is 111 cm³/mol. The van der Waals surface area contributed by atoms with Gasteiger partial charge in [0.05, 0.1) is 28.3 Å². The SMILES string of the molecule is CCOC(=O)C1=C(C)NC(=O)NC1c1cccc(OCc2ccc(Cl)c(Cl)c2)c1. The molecular weight excluding hydrogens is 415 g/mol. The number of rotatable bonds is 6. The molecule has 1 atom stereocenters. The molecule has 0 spiro atoms. The van der Waals surface area contributed by atoms with Crippen molar-refractivity contribution in [2.75, 3.05) is 6.61 Å². The van der Waals surface area contributed by atoms with Gasteiger partial charge in [0, 0.05) is 5.70 Å². The van der Waals surface area contributed by atoms with Crippen LogP contribution in [0.5, 0.6) is 5.75 Å². The van der Waals surface area contributed by atoms with E-state index in [-0.39, 0.29) is 12.6 Å². The molecule has 2 aromatic carbocycles. The van der Waals surface area contributed by atoms with Gasteiger partial charge in [-0.3, -0.25) is 0 Å². The number of allylic oxidation sites excluding steroid dienone is 1. The number of ether oxygens (including phenoxy) is 2. The molecular formula is C21H20Cl2N2O4. The molecule has 2 aromatic rings. The van der Waals surface area contributed by atoms with E-state index in [4.69, 9.17) is 32.7 Å². The van der Waals surface area contributed by atoms with Gasteiger partial charge in [-0.05, 0) is 49.2 Å². The first-order valence-corrected chi connectivity index (χ1v) is 9.76. The summed E-state index contributed by atoms with van der Waals surface area (Å²) in [5.74, 6) is 0.104. The van der Waals surface area contributed by atoms with Crippen LogP contribution in [0, 0.1) is 0 Å². The van der Waals surface area contributed by atoms with Crippen LogP contribution in [0.3, 0.4) is 0 Å². The van der Waals surface area contributed by atoms with E-state index < -0.39 is 12.0 Å². The topological polar surface area (TPSA) is 76.7 Å². The van der Waals surface area contributed by atoms with Gasteiger partial charge >= 0.3 is 12.0 Å². The summed E-state index contributed by atoms with van der Waals surface area (Å²) in [4.78, 5) is 24.4. The summed E-state index contributed by atoms with van der Waals surface area (Å²) in [6.07, 6.45) is 0. The molecule has 29 heavy (non-hydrogen) atoms. The number of urea groups is 1. The fourth-order valence-electron chi connectivity index (χ4n) is 3.00. The molecule has 0 aromatic heterocycles. The molecule has 152 valence electrons. The fraction of sp³-hybridized carbons (Fsp3) is 0.238. The lowest BCUT2D eigenvalue weighted by molar-refractivity contribution is -0.139. The van der Waals surface area contributed by atoms with Gasteiger partial charge in [-0.25, -0.2) is 9.59 Å². The fourth-order valence-corrected chi connectivity index (χ4v) is 3.32. The van der Waals surface area contributed by atoms with Crippen LogP contribution in [0.2, 0.25) is 10.0 Å². The summed E-state index contributed by atoms with van der Waals surface area (Å²) < 4.78 is 11.0. The highest BCUT2D eigenvalue weighted by Crippen LogP contribution is 2.30. The summed E-state index contributed by atoms with van der Waals surface area (Å²) in [6, 6.07) is 11.4. The number of esters is 1. The number of carbonyl (C=O) groups excluding carboxylic acids is 2. The molecule has 1 aliphatic heterocycles. The molecule has 3 rings (SSSR count). The lowest BCUT2D eigenvalue weighted by Crippen LogP contribution is -2.45. The highest BCUT2D eigenvalue weighted by Gasteiger charge is 2.32. The van der Waals surface area contributed by atoms with Crippen LogP contribution < -0.4 is 15.4 Å².